The average Bonchev–Trinajstić information content (AvgIpc) is 2.75. The normalized spacial score (nSPS) is 21.0. The topological polar surface area (TPSA) is 53.2 Å². The van der Waals surface area contributed by atoms with Gasteiger partial charge in [-0.2, -0.15) is 0 Å². The number of likely N-dealkylation sites (tertiary alicyclic amines) is 1. The van der Waals surface area contributed by atoms with Gasteiger partial charge in [0.05, 0.1) is 0 Å². The second kappa shape index (κ2) is 5.57. The molecular formula is C13H17ClN2O2. The zero-order valence-electron chi connectivity index (χ0n) is 10.4. The van der Waals surface area contributed by atoms with Crippen molar-refractivity contribution >= 4 is 17.5 Å². The number of amides is 1. The molecule has 2 heterocycles. The summed E-state index contributed by atoms with van der Waals surface area (Å²) in [7, 11) is 0. The van der Waals surface area contributed by atoms with E-state index in [0.717, 1.165) is 25.8 Å². The zero-order valence-corrected chi connectivity index (χ0v) is 11.1. The van der Waals surface area contributed by atoms with Crippen molar-refractivity contribution in [3.63, 3.8) is 0 Å². The van der Waals surface area contributed by atoms with E-state index in [-0.39, 0.29) is 22.9 Å². The lowest BCUT2D eigenvalue weighted by Gasteiger charge is -2.25. The Kier molecular flexibility index (Phi) is 4.07. The number of carbonyl (C=O) groups is 1. The minimum absolute atomic E-state index is 0.0539. The van der Waals surface area contributed by atoms with Crippen LogP contribution in [-0.4, -0.2) is 33.8 Å². The molecule has 98 valence electrons. The molecule has 2 atom stereocenters. The van der Waals surface area contributed by atoms with Crippen molar-refractivity contribution in [3.05, 3.63) is 34.2 Å². The summed E-state index contributed by atoms with van der Waals surface area (Å²) in [5.41, 5.74) is 0.110. The number of halogens is 1. The van der Waals surface area contributed by atoms with E-state index >= 15 is 0 Å². The Morgan fingerprint density at radius 2 is 2.39 bits per heavy atom. The number of nitrogens with one attached hydrogen (secondary N) is 1. The monoisotopic (exact) mass is 268 g/mol. The molecule has 1 aliphatic heterocycles. The molecule has 1 aromatic heterocycles. The predicted octanol–water partition coefficient (Wildman–Crippen LogP) is 2.00. The van der Waals surface area contributed by atoms with E-state index in [1.54, 1.807) is 12.1 Å². The first-order valence-corrected chi connectivity index (χ1v) is 6.66. The number of hydrogen-bond acceptors (Lipinski definition) is 2. The van der Waals surface area contributed by atoms with Crippen molar-refractivity contribution in [1.29, 1.82) is 0 Å². The summed E-state index contributed by atoms with van der Waals surface area (Å²) in [6, 6.07) is 4.83. The third-order valence-corrected chi connectivity index (χ3v) is 3.41. The summed E-state index contributed by atoms with van der Waals surface area (Å²) in [6.07, 6.45) is 2.78. The highest BCUT2D eigenvalue weighted by atomic mass is 35.5. The molecule has 1 N–H and O–H groups in total. The van der Waals surface area contributed by atoms with Crippen molar-refractivity contribution in [3.8, 4) is 0 Å². The van der Waals surface area contributed by atoms with E-state index in [2.05, 4.69) is 4.98 Å². The van der Waals surface area contributed by atoms with Gasteiger partial charge in [-0.25, -0.2) is 0 Å². The van der Waals surface area contributed by atoms with E-state index in [9.17, 15) is 9.59 Å². The van der Waals surface area contributed by atoms with Crippen LogP contribution in [0.1, 0.15) is 36.7 Å². The summed E-state index contributed by atoms with van der Waals surface area (Å²) in [6.45, 7) is 2.68. The van der Waals surface area contributed by atoms with Gasteiger partial charge in [0.2, 0.25) is 5.56 Å². The van der Waals surface area contributed by atoms with Crippen LogP contribution in [0, 0.1) is 0 Å². The highest BCUT2D eigenvalue weighted by Crippen LogP contribution is 2.24. The quantitative estimate of drug-likeness (QED) is 0.853. The maximum absolute atomic E-state index is 12.3. The fraction of sp³-hybridized carbons (Fsp3) is 0.538. The van der Waals surface area contributed by atoms with E-state index < -0.39 is 0 Å². The van der Waals surface area contributed by atoms with Crippen molar-refractivity contribution in [1.82, 2.24) is 9.88 Å². The van der Waals surface area contributed by atoms with Crippen LogP contribution in [0.15, 0.2) is 23.0 Å². The molecule has 2 rings (SSSR count). The van der Waals surface area contributed by atoms with E-state index in [1.807, 2.05) is 11.8 Å². The number of H-pyrrole nitrogens is 1. The summed E-state index contributed by atoms with van der Waals surface area (Å²) in [4.78, 5) is 27.9. The summed E-state index contributed by atoms with van der Waals surface area (Å²) >= 11 is 6.00. The van der Waals surface area contributed by atoms with Gasteiger partial charge in [0, 0.05) is 24.0 Å². The van der Waals surface area contributed by atoms with E-state index in [4.69, 9.17) is 11.6 Å². The molecule has 0 bridgehead atoms. The number of alkyl halides is 1. The van der Waals surface area contributed by atoms with Crippen LogP contribution in [0.2, 0.25) is 0 Å². The summed E-state index contributed by atoms with van der Waals surface area (Å²) in [5, 5.41) is 0.0539. The molecule has 0 saturated carbocycles. The molecule has 4 nitrogen and oxygen atoms in total. The standard InChI is InChI=1S/C13H17ClN2O2/c1-9(14)8-10-4-3-7-16(10)13(18)11-5-2-6-12(17)15-11/h2,5-6,9-10H,3-4,7-8H2,1H3,(H,15,17). The number of pyridine rings is 1. The first-order valence-electron chi connectivity index (χ1n) is 6.22. The molecule has 0 radical (unpaired) electrons. The lowest BCUT2D eigenvalue weighted by molar-refractivity contribution is 0.0724. The highest BCUT2D eigenvalue weighted by Gasteiger charge is 2.30. The number of aromatic amines is 1. The Morgan fingerprint density at radius 3 is 3.06 bits per heavy atom. The van der Waals surface area contributed by atoms with E-state index in [1.165, 1.54) is 6.07 Å². The van der Waals surface area contributed by atoms with Gasteiger partial charge in [-0.1, -0.05) is 6.07 Å². The van der Waals surface area contributed by atoms with Crippen LogP contribution in [0.3, 0.4) is 0 Å². The van der Waals surface area contributed by atoms with Gasteiger partial charge < -0.3 is 9.88 Å². The highest BCUT2D eigenvalue weighted by molar-refractivity contribution is 6.20. The van der Waals surface area contributed by atoms with Gasteiger partial charge in [-0.3, -0.25) is 9.59 Å². The predicted molar refractivity (Wildman–Crippen MR) is 71.1 cm³/mol. The Labute approximate surface area is 111 Å². The van der Waals surface area contributed by atoms with Crippen molar-refractivity contribution < 1.29 is 4.79 Å². The number of aromatic nitrogens is 1. The molecule has 2 unspecified atom stereocenters. The Hall–Kier alpha value is -1.29. The fourth-order valence-electron chi connectivity index (χ4n) is 2.45. The number of rotatable bonds is 3. The molecule has 1 aliphatic rings. The molecule has 18 heavy (non-hydrogen) atoms. The third kappa shape index (κ3) is 2.93. The molecule has 5 heteroatoms. The molecule has 0 aliphatic carbocycles. The van der Waals surface area contributed by atoms with Crippen LogP contribution in [0.4, 0.5) is 0 Å². The van der Waals surface area contributed by atoms with Crippen LogP contribution in [-0.2, 0) is 0 Å². The van der Waals surface area contributed by atoms with Gasteiger partial charge in [-0.05, 0) is 32.3 Å². The van der Waals surface area contributed by atoms with Crippen LogP contribution in [0.5, 0.6) is 0 Å². The van der Waals surface area contributed by atoms with Crippen molar-refractivity contribution in [2.24, 2.45) is 0 Å². The molecule has 1 saturated heterocycles. The smallest absolute Gasteiger partial charge is 0.270 e. The average molecular weight is 269 g/mol. The minimum Gasteiger partial charge on any atom is -0.334 e. The van der Waals surface area contributed by atoms with Gasteiger partial charge in [0.15, 0.2) is 0 Å². The number of carbonyl (C=O) groups excluding carboxylic acids is 1. The molecular weight excluding hydrogens is 252 g/mol. The minimum atomic E-state index is -0.248. The van der Waals surface area contributed by atoms with Crippen LogP contribution >= 0.6 is 11.6 Å². The van der Waals surface area contributed by atoms with Gasteiger partial charge in [-0.15, -0.1) is 11.6 Å². The van der Waals surface area contributed by atoms with Gasteiger partial charge in [0.1, 0.15) is 5.69 Å². The SMILES string of the molecule is CC(Cl)CC1CCCN1C(=O)c1cccc(=O)[nH]1. The van der Waals surface area contributed by atoms with Crippen LogP contribution in [0.25, 0.3) is 0 Å². The summed E-state index contributed by atoms with van der Waals surface area (Å²) in [5.74, 6) is -0.104. The first-order chi connectivity index (χ1) is 8.58. The van der Waals surface area contributed by atoms with Crippen molar-refractivity contribution in [2.75, 3.05) is 6.54 Å². The lowest BCUT2D eigenvalue weighted by Crippen LogP contribution is -2.37. The van der Waals surface area contributed by atoms with Crippen molar-refractivity contribution in [2.45, 2.75) is 37.6 Å². The largest absolute Gasteiger partial charge is 0.334 e. The molecule has 1 fully saturated rings. The molecule has 1 aromatic rings. The molecule has 1 amide bonds. The molecule has 0 aromatic carbocycles. The van der Waals surface area contributed by atoms with E-state index in [0.29, 0.717) is 5.69 Å². The Morgan fingerprint density at radius 1 is 1.61 bits per heavy atom. The zero-order chi connectivity index (χ0) is 13.1. The van der Waals surface area contributed by atoms with Crippen LogP contribution < -0.4 is 5.56 Å². The fourth-order valence-corrected chi connectivity index (χ4v) is 2.66. The molecule has 0 spiro atoms. The maximum atomic E-state index is 12.3. The third-order valence-electron chi connectivity index (χ3n) is 3.23. The Balaban J connectivity index is 2.15. The van der Waals surface area contributed by atoms with Gasteiger partial charge >= 0.3 is 0 Å². The summed E-state index contributed by atoms with van der Waals surface area (Å²) < 4.78 is 0. The number of hydrogen-bond donors (Lipinski definition) is 1. The van der Waals surface area contributed by atoms with Gasteiger partial charge in [0.25, 0.3) is 5.91 Å². The first kappa shape index (κ1) is 13.1. The number of nitrogens with zero attached hydrogens (tertiary/aromatic N) is 1. The maximum Gasteiger partial charge on any atom is 0.270 e. The Bertz CT molecular complexity index is 484. The second-order valence-electron chi connectivity index (χ2n) is 4.74. The second-order valence-corrected chi connectivity index (χ2v) is 5.48. The lowest BCUT2D eigenvalue weighted by atomic mass is 10.1.